The Labute approximate surface area is 76.4 Å². The van der Waals surface area contributed by atoms with Gasteiger partial charge in [0, 0.05) is 14.6 Å². The Morgan fingerprint density at radius 2 is 2.33 bits per heavy atom. The molecule has 0 spiro atoms. The largest absolute Gasteiger partial charge is 0.295 e. The lowest BCUT2D eigenvalue weighted by Gasteiger charge is -2.31. The Balaban J connectivity index is 2.96. The van der Waals surface area contributed by atoms with Gasteiger partial charge in [0.15, 0.2) is 5.78 Å². The minimum Gasteiger partial charge on any atom is -0.295 e. The number of carbonyl (C=O) groups excluding carboxylic acids is 1. The molecule has 0 bridgehead atoms. The molecule has 1 aliphatic rings. The van der Waals surface area contributed by atoms with Gasteiger partial charge in [0.05, 0.1) is 0 Å². The molecule has 0 aromatic carbocycles. The molecule has 66 valence electrons. The van der Waals surface area contributed by atoms with Crippen LogP contribution in [0.15, 0.2) is 24.3 Å². The molecule has 0 fully saturated rings. The van der Waals surface area contributed by atoms with Gasteiger partial charge in [-0.25, -0.2) is 0 Å². The van der Waals surface area contributed by atoms with Crippen LogP contribution < -0.4 is 0 Å². The van der Waals surface area contributed by atoms with Gasteiger partial charge in [-0.1, -0.05) is 31.7 Å². The zero-order chi connectivity index (χ0) is 9.19. The van der Waals surface area contributed by atoms with Crippen LogP contribution in [0.5, 0.6) is 0 Å². The first-order chi connectivity index (χ1) is 5.64. The molecule has 1 rings (SSSR count). The molecule has 0 aromatic heterocycles. The van der Waals surface area contributed by atoms with Crippen molar-refractivity contribution < 1.29 is 4.79 Å². The number of hydrogen-bond acceptors (Lipinski definition) is 1. The Bertz CT molecular complexity index is 236. The van der Waals surface area contributed by atoms with Crippen molar-refractivity contribution in [2.45, 2.75) is 31.4 Å². The average Bonchev–Trinajstić information content (AvgIpc) is 2.09. The van der Waals surface area contributed by atoms with E-state index in [0.29, 0.717) is 5.78 Å². The maximum absolute atomic E-state index is 11.6. The molecule has 0 N–H and O–H groups in total. The summed E-state index contributed by atoms with van der Waals surface area (Å²) in [7, 11) is -0.280. The minimum absolute atomic E-state index is 0.00579. The molecule has 0 saturated carbocycles. The maximum Gasteiger partial charge on any atom is 0.158 e. The predicted octanol–water partition coefficient (Wildman–Crippen LogP) is 1.86. The van der Waals surface area contributed by atoms with Crippen LogP contribution in [0.3, 0.4) is 0 Å². The first-order valence-corrected chi connectivity index (χ1v) is 6.67. The fourth-order valence-electron chi connectivity index (χ4n) is 1.80. The van der Waals surface area contributed by atoms with E-state index < -0.39 is 0 Å². The third kappa shape index (κ3) is 1.44. The van der Waals surface area contributed by atoms with E-state index >= 15 is 0 Å². The number of ketones is 1. The van der Waals surface area contributed by atoms with Crippen LogP contribution >= 0.6 is 0 Å². The van der Waals surface area contributed by atoms with Gasteiger partial charge in [-0.2, -0.15) is 0 Å². The van der Waals surface area contributed by atoms with Crippen molar-refractivity contribution in [1.29, 1.82) is 0 Å². The van der Waals surface area contributed by atoms with Crippen molar-refractivity contribution in [3.8, 4) is 0 Å². The normalized spacial score (nSPS) is 30.5. The van der Waals surface area contributed by atoms with Crippen molar-refractivity contribution in [2.75, 3.05) is 0 Å². The lowest BCUT2D eigenvalue weighted by Crippen LogP contribution is -2.29. The summed E-state index contributed by atoms with van der Waals surface area (Å²) < 4.78 is 0. The highest BCUT2D eigenvalue weighted by Crippen LogP contribution is 2.40. The Morgan fingerprint density at radius 3 is 2.75 bits per heavy atom. The molecule has 1 aliphatic carbocycles. The number of carbonyl (C=O) groups is 1. The van der Waals surface area contributed by atoms with E-state index in [-0.39, 0.29) is 14.6 Å². The van der Waals surface area contributed by atoms with Gasteiger partial charge < -0.3 is 0 Å². The summed E-state index contributed by atoms with van der Waals surface area (Å²) in [6.07, 6.45) is 5.46. The number of allylic oxidation sites excluding steroid dienone is 3. The molecular formula is C10H16OSi. The van der Waals surface area contributed by atoms with Crippen LogP contribution in [0.25, 0.3) is 0 Å². The van der Waals surface area contributed by atoms with Crippen molar-refractivity contribution in [1.82, 2.24) is 0 Å². The maximum atomic E-state index is 11.6. The lowest BCUT2D eigenvalue weighted by atomic mass is 9.87. The second kappa shape index (κ2) is 3.40. The minimum atomic E-state index is -0.280. The van der Waals surface area contributed by atoms with E-state index in [1.54, 1.807) is 6.08 Å². The van der Waals surface area contributed by atoms with Crippen molar-refractivity contribution >= 4 is 15.3 Å². The van der Waals surface area contributed by atoms with Crippen LogP contribution in [-0.4, -0.2) is 15.3 Å². The summed E-state index contributed by atoms with van der Waals surface area (Å²) in [5.74, 6) is 0.339. The molecule has 12 heavy (non-hydrogen) atoms. The van der Waals surface area contributed by atoms with E-state index in [2.05, 4.69) is 20.0 Å². The highest BCUT2D eigenvalue weighted by atomic mass is 28.2. The second-order valence-electron chi connectivity index (χ2n) is 3.52. The summed E-state index contributed by atoms with van der Waals surface area (Å²) >= 11 is 0. The van der Waals surface area contributed by atoms with Crippen LogP contribution in [0.1, 0.15) is 19.8 Å². The number of rotatable bonds is 2. The van der Waals surface area contributed by atoms with Crippen LogP contribution in [-0.2, 0) is 4.79 Å². The summed E-state index contributed by atoms with van der Waals surface area (Å²) in [6.45, 7) is 8.25. The molecule has 2 heteroatoms. The molecule has 1 atom stereocenters. The predicted molar refractivity (Wildman–Crippen MR) is 55.3 cm³/mol. The third-order valence-corrected chi connectivity index (χ3v) is 5.36. The van der Waals surface area contributed by atoms with Gasteiger partial charge in [0.25, 0.3) is 0 Å². The van der Waals surface area contributed by atoms with Gasteiger partial charge >= 0.3 is 0 Å². The summed E-state index contributed by atoms with van der Waals surface area (Å²) in [5.41, 5.74) is 1.12. The molecule has 1 unspecified atom stereocenters. The Morgan fingerprint density at radius 1 is 1.67 bits per heavy atom. The average molecular weight is 180 g/mol. The molecule has 1 nitrogen and oxygen atoms in total. The van der Waals surface area contributed by atoms with Crippen molar-refractivity contribution in [2.24, 2.45) is 0 Å². The molecule has 0 radical (unpaired) electrons. The third-order valence-electron chi connectivity index (χ3n) is 2.91. The monoisotopic (exact) mass is 180 g/mol. The van der Waals surface area contributed by atoms with E-state index in [1.807, 2.05) is 6.08 Å². The first kappa shape index (κ1) is 9.45. The molecular weight excluding hydrogens is 164 g/mol. The van der Waals surface area contributed by atoms with Crippen LogP contribution in [0.2, 0.25) is 11.6 Å². The molecule has 0 saturated heterocycles. The fraction of sp³-hybridized carbons (Fsp3) is 0.500. The van der Waals surface area contributed by atoms with E-state index in [9.17, 15) is 4.79 Å². The van der Waals surface area contributed by atoms with Crippen LogP contribution in [0, 0.1) is 0 Å². The van der Waals surface area contributed by atoms with Crippen molar-refractivity contribution in [3.63, 3.8) is 0 Å². The van der Waals surface area contributed by atoms with E-state index in [0.717, 1.165) is 18.4 Å². The first-order valence-electron chi connectivity index (χ1n) is 4.55. The standard InChI is InChI=1S/C10H16OSi/c1-4-10(12-3)7-8(2)5-6-9(10)11/h5-6H,2,4,7,12H2,1,3H3. The fourth-order valence-corrected chi connectivity index (χ4v) is 3.34. The van der Waals surface area contributed by atoms with E-state index in [1.165, 1.54) is 0 Å². The van der Waals surface area contributed by atoms with Gasteiger partial charge in [0.1, 0.15) is 0 Å². The molecule has 0 heterocycles. The number of hydrogen-bond donors (Lipinski definition) is 0. The zero-order valence-corrected chi connectivity index (χ0v) is 9.31. The second-order valence-corrected chi connectivity index (χ2v) is 5.58. The zero-order valence-electron chi connectivity index (χ0n) is 7.89. The summed E-state index contributed by atoms with van der Waals surface area (Å²) in [6, 6.07) is 0. The smallest absolute Gasteiger partial charge is 0.158 e. The van der Waals surface area contributed by atoms with Crippen LogP contribution in [0.4, 0.5) is 0 Å². The summed E-state index contributed by atoms with van der Waals surface area (Å²) in [4.78, 5) is 11.6. The van der Waals surface area contributed by atoms with Gasteiger partial charge in [0.2, 0.25) is 0 Å². The van der Waals surface area contributed by atoms with Crippen molar-refractivity contribution in [3.05, 3.63) is 24.3 Å². The Hall–Kier alpha value is -0.633. The highest BCUT2D eigenvalue weighted by molar-refractivity contribution is 6.47. The molecule has 0 aliphatic heterocycles. The van der Waals surface area contributed by atoms with Gasteiger partial charge in [-0.05, 0) is 18.9 Å². The Kier molecular flexibility index (Phi) is 2.68. The highest BCUT2D eigenvalue weighted by Gasteiger charge is 2.35. The summed E-state index contributed by atoms with van der Waals surface area (Å²) in [5, 5.41) is 0.00579. The SMILES string of the molecule is C=C1C=CC(=O)C(CC)([SiH2]C)C1. The van der Waals surface area contributed by atoms with Gasteiger partial charge in [-0.15, -0.1) is 0 Å². The lowest BCUT2D eigenvalue weighted by molar-refractivity contribution is -0.117. The molecule has 0 aromatic rings. The van der Waals surface area contributed by atoms with Gasteiger partial charge in [-0.3, -0.25) is 4.79 Å². The quantitative estimate of drug-likeness (QED) is 0.593. The topological polar surface area (TPSA) is 17.1 Å². The van der Waals surface area contributed by atoms with E-state index in [4.69, 9.17) is 0 Å². The molecule has 0 amide bonds.